The monoisotopic (exact) mass is 533 g/mol. The van der Waals surface area contributed by atoms with Crippen LogP contribution >= 0.6 is 11.6 Å². The first-order valence-electron chi connectivity index (χ1n) is 10.7. The molecular formula is C23H27ClF3N3O4S. The van der Waals surface area contributed by atoms with Crippen LogP contribution in [0.25, 0.3) is 0 Å². The minimum absolute atomic E-state index is 0.0980. The number of hydrogen-bond acceptors (Lipinski definition) is 4. The number of rotatable bonds is 10. The Bertz CT molecular complexity index is 1140. The number of likely N-dealkylation sites (N-methyl/N-ethyl adjacent to an activating group) is 1. The summed E-state index contributed by atoms with van der Waals surface area (Å²) < 4.78 is 65.6. The number of carbonyl (C=O) groups excluding carboxylic acids is 2. The van der Waals surface area contributed by atoms with Crippen LogP contribution in [0.5, 0.6) is 0 Å². The zero-order valence-electron chi connectivity index (χ0n) is 19.5. The molecule has 0 aromatic heterocycles. The average Bonchev–Trinajstić information content (AvgIpc) is 2.79. The number of anilines is 1. The molecule has 1 atom stereocenters. The van der Waals surface area contributed by atoms with Gasteiger partial charge in [0.05, 0.1) is 22.5 Å². The molecule has 0 radical (unpaired) electrons. The van der Waals surface area contributed by atoms with Gasteiger partial charge in [0.15, 0.2) is 0 Å². The van der Waals surface area contributed by atoms with E-state index in [1.165, 1.54) is 11.9 Å². The second-order valence-corrected chi connectivity index (χ2v) is 10.1. The summed E-state index contributed by atoms with van der Waals surface area (Å²) >= 11 is 5.66. The summed E-state index contributed by atoms with van der Waals surface area (Å²) in [5, 5.41) is 1.89. The van der Waals surface area contributed by atoms with Crippen LogP contribution < -0.4 is 9.62 Å². The van der Waals surface area contributed by atoms with Crippen molar-refractivity contribution in [3.63, 3.8) is 0 Å². The SMILES string of the molecule is CCC(C(=O)NC)N(CCc1ccccc1)C(=O)CN(c1ccc(Cl)c(C(F)(F)F)c1)S(C)(=O)=O. The van der Waals surface area contributed by atoms with Gasteiger partial charge in [-0.15, -0.1) is 0 Å². The smallest absolute Gasteiger partial charge is 0.357 e. The minimum Gasteiger partial charge on any atom is -0.357 e. The van der Waals surface area contributed by atoms with Gasteiger partial charge < -0.3 is 10.2 Å². The summed E-state index contributed by atoms with van der Waals surface area (Å²) in [5.74, 6) is -1.17. The molecule has 192 valence electrons. The Hall–Kier alpha value is -2.79. The Morgan fingerprint density at radius 2 is 1.74 bits per heavy atom. The predicted molar refractivity (Wildman–Crippen MR) is 129 cm³/mol. The summed E-state index contributed by atoms with van der Waals surface area (Å²) in [6.45, 7) is 1.01. The number of benzene rings is 2. The first-order valence-corrected chi connectivity index (χ1v) is 12.9. The maximum Gasteiger partial charge on any atom is 0.417 e. The molecule has 2 rings (SSSR count). The molecule has 7 nitrogen and oxygen atoms in total. The predicted octanol–water partition coefficient (Wildman–Crippen LogP) is 3.72. The average molecular weight is 534 g/mol. The summed E-state index contributed by atoms with van der Waals surface area (Å²) in [6, 6.07) is 10.9. The van der Waals surface area contributed by atoms with Crippen molar-refractivity contribution in [3.8, 4) is 0 Å². The van der Waals surface area contributed by atoms with Crippen molar-refractivity contribution in [2.45, 2.75) is 32.0 Å². The van der Waals surface area contributed by atoms with E-state index in [2.05, 4.69) is 5.32 Å². The molecule has 2 aromatic rings. The van der Waals surface area contributed by atoms with E-state index < -0.39 is 51.2 Å². The number of nitrogens with one attached hydrogen (secondary N) is 1. The Labute approximate surface area is 207 Å². The van der Waals surface area contributed by atoms with Crippen molar-refractivity contribution in [1.82, 2.24) is 10.2 Å². The van der Waals surface area contributed by atoms with Crippen LogP contribution in [-0.2, 0) is 32.2 Å². The second kappa shape index (κ2) is 11.8. The number of hydrogen-bond donors (Lipinski definition) is 1. The van der Waals surface area contributed by atoms with Gasteiger partial charge in [0, 0.05) is 13.6 Å². The van der Waals surface area contributed by atoms with Gasteiger partial charge in [0.2, 0.25) is 21.8 Å². The summed E-state index contributed by atoms with van der Waals surface area (Å²) in [4.78, 5) is 27.1. The minimum atomic E-state index is -4.82. The molecular weight excluding hydrogens is 507 g/mol. The maximum atomic E-state index is 13.4. The molecule has 0 aliphatic carbocycles. The van der Waals surface area contributed by atoms with Crippen LogP contribution in [0.3, 0.4) is 0 Å². The highest BCUT2D eigenvalue weighted by atomic mass is 35.5. The van der Waals surface area contributed by atoms with Crippen molar-refractivity contribution in [2.75, 3.05) is 30.7 Å². The lowest BCUT2D eigenvalue weighted by Gasteiger charge is -2.32. The molecule has 1 unspecified atom stereocenters. The van der Waals surface area contributed by atoms with Gasteiger partial charge in [-0.2, -0.15) is 13.2 Å². The Morgan fingerprint density at radius 1 is 1.11 bits per heavy atom. The van der Waals surface area contributed by atoms with Crippen LogP contribution in [0.4, 0.5) is 18.9 Å². The van der Waals surface area contributed by atoms with Gasteiger partial charge in [0.25, 0.3) is 0 Å². The number of carbonyl (C=O) groups is 2. The number of nitrogens with zero attached hydrogens (tertiary/aromatic N) is 2. The lowest BCUT2D eigenvalue weighted by molar-refractivity contribution is -0.139. The van der Waals surface area contributed by atoms with Crippen LogP contribution in [-0.4, -0.2) is 57.6 Å². The Balaban J connectivity index is 2.43. The Kier molecular flexibility index (Phi) is 9.56. The molecule has 0 heterocycles. The van der Waals surface area contributed by atoms with E-state index >= 15 is 0 Å². The van der Waals surface area contributed by atoms with Gasteiger partial charge in [-0.05, 0) is 36.6 Å². The molecule has 1 N–H and O–H groups in total. The van der Waals surface area contributed by atoms with E-state index in [0.717, 1.165) is 24.0 Å². The third kappa shape index (κ3) is 7.60. The molecule has 2 amide bonds. The van der Waals surface area contributed by atoms with Crippen molar-refractivity contribution >= 4 is 39.1 Å². The highest BCUT2D eigenvalue weighted by Crippen LogP contribution is 2.37. The molecule has 0 fully saturated rings. The highest BCUT2D eigenvalue weighted by Gasteiger charge is 2.35. The standard InChI is InChI=1S/C23H27ClF3N3O4S/c1-4-20(22(32)28-2)29(13-12-16-8-6-5-7-9-16)21(31)15-30(35(3,33)34)17-10-11-19(24)18(14-17)23(25,26)27/h5-11,14,20H,4,12-13,15H2,1-3H3,(H,28,32). The number of alkyl halides is 3. The fraction of sp³-hybridized carbons (Fsp3) is 0.391. The van der Waals surface area contributed by atoms with Gasteiger partial charge in [0.1, 0.15) is 12.6 Å². The Morgan fingerprint density at radius 3 is 2.26 bits per heavy atom. The van der Waals surface area contributed by atoms with E-state index in [9.17, 15) is 31.2 Å². The molecule has 0 saturated carbocycles. The maximum absolute atomic E-state index is 13.4. The van der Waals surface area contributed by atoms with Crippen LogP contribution in [0.1, 0.15) is 24.5 Å². The molecule has 0 saturated heterocycles. The number of halogens is 4. The van der Waals surface area contributed by atoms with E-state index in [1.54, 1.807) is 6.92 Å². The largest absolute Gasteiger partial charge is 0.417 e. The summed E-state index contributed by atoms with van der Waals surface area (Å²) in [6.07, 6.45) is -3.41. The van der Waals surface area contributed by atoms with Gasteiger partial charge in [-0.3, -0.25) is 13.9 Å². The first kappa shape index (κ1) is 28.4. The van der Waals surface area contributed by atoms with Crippen molar-refractivity contribution in [2.24, 2.45) is 0 Å². The molecule has 0 aliphatic rings. The number of sulfonamides is 1. The molecule has 0 aliphatic heterocycles. The fourth-order valence-electron chi connectivity index (χ4n) is 3.56. The van der Waals surface area contributed by atoms with Gasteiger partial charge >= 0.3 is 6.18 Å². The van der Waals surface area contributed by atoms with E-state index in [4.69, 9.17) is 11.6 Å². The zero-order valence-corrected chi connectivity index (χ0v) is 21.0. The number of amides is 2. The van der Waals surface area contributed by atoms with Crippen molar-refractivity contribution in [1.29, 1.82) is 0 Å². The lowest BCUT2D eigenvalue weighted by Crippen LogP contribution is -2.52. The van der Waals surface area contributed by atoms with Gasteiger partial charge in [-0.1, -0.05) is 48.9 Å². The molecule has 0 spiro atoms. The molecule has 35 heavy (non-hydrogen) atoms. The second-order valence-electron chi connectivity index (χ2n) is 7.79. The molecule has 12 heteroatoms. The highest BCUT2D eigenvalue weighted by molar-refractivity contribution is 7.92. The van der Waals surface area contributed by atoms with Crippen LogP contribution in [0, 0.1) is 0 Å². The third-order valence-electron chi connectivity index (χ3n) is 5.34. The van der Waals surface area contributed by atoms with Gasteiger partial charge in [-0.25, -0.2) is 8.42 Å². The molecule has 2 aromatic carbocycles. The summed E-state index contributed by atoms with van der Waals surface area (Å²) in [7, 11) is -2.76. The first-order chi connectivity index (χ1) is 16.3. The van der Waals surface area contributed by atoms with E-state index in [-0.39, 0.29) is 18.7 Å². The van der Waals surface area contributed by atoms with Crippen molar-refractivity contribution < 1.29 is 31.2 Å². The normalized spacial score (nSPS) is 12.7. The van der Waals surface area contributed by atoms with Crippen LogP contribution in [0.2, 0.25) is 5.02 Å². The quantitative estimate of drug-likeness (QED) is 0.504. The van der Waals surface area contributed by atoms with Crippen molar-refractivity contribution in [3.05, 3.63) is 64.7 Å². The van der Waals surface area contributed by atoms with Crippen LogP contribution in [0.15, 0.2) is 48.5 Å². The lowest BCUT2D eigenvalue weighted by atomic mass is 10.1. The topological polar surface area (TPSA) is 86.8 Å². The zero-order chi connectivity index (χ0) is 26.4. The van der Waals surface area contributed by atoms with E-state index in [1.807, 2.05) is 30.3 Å². The van der Waals surface area contributed by atoms with E-state index in [0.29, 0.717) is 16.8 Å². The third-order valence-corrected chi connectivity index (χ3v) is 6.81. The summed E-state index contributed by atoms with van der Waals surface area (Å²) in [5.41, 5.74) is -0.700. The fourth-order valence-corrected chi connectivity index (χ4v) is 4.63. The molecule has 0 bridgehead atoms.